The van der Waals surface area contributed by atoms with Gasteiger partial charge in [-0.05, 0) is 97.8 Å². The summed E-state index contributed by atoms with van der Waals surface area (Å²) in [6.45, 7) is 10.5. The number of ether oxygens (including phenoxy) is 1. The number of aryl methyl sites for hydroxylation is 3. The van der Waals surface area contributed by atoms with Gasteiger partial charge in [0.1, 0.15) is 5.75 Å². The fraction of sp³-hybridized carbons (Fsp3) is 0.296. The Bertz CT molecular complexity index is 1160. The highest BCUT2D eigenvalue weighted by atomic mass is 32.2. The molecule has 0 amide bonds. The number of hydrogen-bond donors (Lipinski definition) is 1. The van der Waals surface area contributed by atoms with Gasteiger partial charge in [0.25, 0.3) is 0 Å². The van der Waals surface area contributed by atoms with E-state index < -0.39 is 5.97 Å². The zero-order chi connectivity index (χ0) is 23.0. The topological polar surface area (TPSA) is 49.8 Å². The second-order valence-corrected chi connectivity index (χ2v) is 9.70. The second kappa shape index (κ2) is 8.91. The molecule has 166 valence electrons. The van der Waals surface area contributed by atoms with Crippen molar-refractivity contribution in [3.63, 3.8) is 0 Å². The highest BCUT2D eigenvalue weighted by Gasteiger charge is 2.35. The standard InChI is InChI=1S/C27H29NO3S/c1-16-6-8-21(9-7-16)22-12-18(3)27-24(14-22)19(4)20(5)28(27)32-23-10-11-25(17(2)13-23)31-15-26(29)30/h6-14,19-20H,15H2,1-5H3,(H,29,30). The molecule has 4 rings (SSSR count). The van der Waals surface area contributed by atoms with Crippen LogP contribution >= 0.6 is 11.9 Å². The maximum atomic E-state index is 10.8. The van der Waals surface area contributed by atoms with Crippen molar-refractivity contribution in [2.75, 3.05) is 10.9 Å². The monoisotopic (exact) mass is 447 g/mol. The Kier molecular flexibility index (Phi) is 6.20. The average molecular weight is 448 g/mol. The van der Waals surface area contributed by atoms with Crippen molar-refractivity contribution in [2.24, 2.45) is 0 Å². The van der Waals surface area contributed by atoms with Gasteiger partial charge in [-0.1, -0.05) is 36.8 Å². The summed E-state index contributed by atoms with van der Waals surface area (Å²) in [7, 11) is 0. The number of nitrogens with zero attached hydrogens (tertiary/aromatic N) is 1. The Hall–Kier alpha value is -2.92. The van der Waals surface area contributed by atoms with E-state index in [1.54, 1.807) is 11.9 Å². The first kappa shape index (κ1) is 22.3. The van der Waals surface area contributed by atoms with Crippen molar-refractivity contribution in [1.82, 2.24) is 0 Å². The van der Waals surface area contributed by atoms with Crippen LogP contribution in [0.3, 0.4) is 0 Å². The molecule has 5 heteroatoms. The van der Waals surface area contributed by atoms with Crippen molar-refractivity contribution >= 4 is 23.6 Å². The van der Waals surface area contributed by atoms with Crippen LogP contribution in [0, 0.1) is 20.8 Å². The van der Waals surface area contributed by atoms with E-state index in [9.17, 15) is 4.79 Å². The summed E-state index contributed by atoms with van der Waals surface area (Å²) in [6.07, 6.45) is 0. The molecular formula is C27H29NO3S. The lowest BCUT2D eigenvalue weighted by atomic mass is 9.92. The molecule has 3 aromatic rings. The van der Waals surface area contributed by atoms with Crippen molar-refractivity contribution in [3.05, 3.63) is 76.9 Å². The average Bonchev–Trinajstić information content (AvgIpc) is 2.99. The van der Waals surface area contributed by atoms with E-state index in [2.05, 4.69) is 74.5 Å². The third-order valence-electron chi connectivity index (χ3n) is 6.22. The summed E-state index contributed by atoms with van der Waals surface area (Å²) in [4.78, 5) is 11.9. The van der Waals surface area contributed by atoms with Crippen LogP contribution < -0.4 is 9.04 Å². The molecule has 1 aliphatic rings. The van der Waals surface area contributed by atoms with Crippen LogP contribution in [0.25, 0.3) is 11.1 Å². The first-order valence-corrected chi connectivity index (χ1v) is 11.7. The summed E-state index contributed by atoms with van der Waals surface area (Å²) in [5, 5.41) is 8.85. The van der Waals surface area contributed by atoms with Crippen molar-refractivity contribution in [1.29, 1.82) is 0 Å². The third-order valence-corrected chi connectivity index (χ3v) is 7.40. The van der Waals surface area contributed by atoms with Gasteiger partial charge in [0.05, 0.1) is 5.69 Å². The van der Waals surface area contributed by atoms with Crippen molar-refractivity contribution in [2.45, 2.75) is 51.5 Å². The number of hydrogen-bond acceptors (Lipinski definition) is 4. The molecule has 0 aromatic heterocycles. The van der Waals surface area contributed by atoms with Gasteiger partial charge in [0.15, 0.2) is 6.61 Å². The molecule has 2 unspecified atom stereocenters. The van der Waals surface area contributed by atoms with Crippen LogP contribution in [-0.4, -0.2) is 23.7 Å². The largest absolute Gasteiger partial charge is 0.482 e. The minimum Gasteiger partial charge on any atom is -0.482 e. The van der Waals surface area contributed by atoms with Crippen LogP contribution in [0.5, 0.6) is 5.75 Å². The molecule has 0 saturated heterocycles. The molecule has 1 heterocycles. The van der Waals surface area contributed by atoms with E-state index in [1.165, 1.54) is 33.5 Å². The predicted molar refractivity (Wildman–Crippen MR) is 132 cm³/mol. The maximum Gasteiger partial charge on any atom is 0.341 e. The first-order valence-electron chi connectivity index (χ1n) is 10.9. The highest BCUT2D eigenvalue weighted by molar-refractivity contribution is 8.00. The lowest BCUT2D eigenvalue weighted by molar-refractivity contribution is -0.139. The number of anilines is 1. The number of fused-ring (bicyclic) bond motifs is 1. The molecule has 2 atom stereocenters. The fourth-order valence-corrected chi connectivity index (χ4v) is 5.53. The van der Waals surface area contributed by atoms with E-state index in [0.717, 1.165) is 10.5 Å². The molecule has 1 N–H and O–H groups in total. The molecule has 0 bridgehead atoms. The maximum absolute atomic E-state index is 10.8. The molecule has 0 spiro atoms. The SMILES string of the molecule is Cc1ccc(-c2cc(C)c3c(c2)C(C)C(C)N3Sc2ccc(OCC(=O)O)c(C)c2)cc1. The number of carboxylic acid groups (broad SMARTS) is 1. The van der Waals surface area contributed by atoms with Gasteiger partial charge in [0, 0.05) is 16.9 Å². The summed E-state index contributed by atoms with van der Waals surface area (Å²) in [6, 6.07) is 19.6. The molecule has 0 saturated carbocycles. The Labute approximate surface area is 194 Å². The number of carboxylic acids is 1. The molecule has 0 aliphatic carbocycles. The smallest absolute Gasteiger partial charge is 0.341 e. The number of carbonyl (C=O) groups is 1. The van der Waals surface area contributed by atoms with E-state index in [-0.39, 0.29) is 6.61 Å². The first-order chi connectivity index (χ1) is 15.2. The Morgan fingerprint density at radius 1 is 0.969 bits per heavy atom. The molecule has 4 nitrogen and oxygen atoms in total. The van der Waals surface area contributed by atoms with Crippen LogP contribution in [0.2, 0.25) is 0 Å². The van der Waals surface area contributed by atoms with E-state index in [1.807, 2.05) is 19.1 Å². The van der Waals surface area contributed by atoms with Crippen LogP contribution in [-0.2, 0) is 4.79 Å². The number of benzene rings is 3. The lowest BCUT2D eigenvalue weighted by Gasteiger charge is -2.26. The van der Waals surface area contributed by atoms with E-state index in [0.29, 0.717) is 17.7 Å². The summed E-state index contributed by atoms with van der Waals surface area (Å²) < 4.78 is 7.79. The van der Waals surface area contributed by atoms with Gasteiger partial charge in [-0.2, -0.15) is 0 Å². The predicted octanol–water partition coefficient (Wildman–Crippen LogP) is 6.76. The van der Waals surface area contributed by atoms with Crippen molar-refractivity contribution < 1.29 is 14.6 Å². The second-order valence-electron chi connectivity index (χ2n) is 8.65. The molecule has 3 aromatic carbocycles. The number of aliphatic carboxylic acids is 1. The Morgan fingerprint density at radius 3 is 2.34 bits per heavy atom. The van der Waals surface area contributed by atoms with Gasteiger partial charge in [-0.25, -0.2) is 4.79 Å². The third kappa shape index (κ3) is 4.35. The molecule has 0 fully saturated rings. The van der Waals surface area contributed by atoms with E-state index in [4.69, 9.17) is 9.84 Å². The van der Waals surface area contributed by atoms with Gasteiger partial charge < -0.3 is 14.1 Å². The molecule has 32 heavy (non-hydrogen) atoms. The van der Waals surface area contributed by atoms with E-state index >= 15 is 0 Å². The van der Waals surface area contributed by atoms with Gasteiger partial charge in [-0.3, -0.25) is 0 Å². The summed E-state index contributed by atoms with van der Waals surface area (Å²) in [5.41, 5.74) is 8.69. The van der Waals surface area contributed by atoms with Crippen LogP contribution in [0.15, 0.2) is 59.5 Å². The quantitative estimate of drug-likeness (QED) is 0.423. The van der Waals surface area contributed by atoms with Crippen LogP contribution in [0.4, 0.5) is 5.69 Å². The Balaban J connectivity index is 1.63. The van der Waals surface area contributed by atoms with Gasteiger partial charge in [0.2, 0.25) is 0 Å². The zero-order valence-corrected chi connectivity index (χ0v) is 20.0. The minimum atomic E-state index is -0.972. The molecule has 0 radical (unpaired) electrons. The lowest BCUT2D eigenvalue weighted by Crippen LogP contribution is -2.24. The summed E-state index contributed by atoms with van der Waals surface area (Å²) >= 11 is 1.73. The normalized spacial score (nSPS) is 17.3. The van der Waals surface area contributed by atoms with Gasteiger partial charge >= 0.3 is 5.97 Å². The minimum absolute atomic E-state index is 0.329. The highest BCUT2D eigenvalue weighted by Crippen LogP contribution is 2.49. The van der Waals surface area contributed by atoms with Crippen LogP contribution in [0.1, 0.15) is 42.0 Å². The molecule has 1 aliphatic heterocycles. The zero-order valence-electron chi connectivity index (χ0n) is 19.2. The van der Waals surface area contributed by atoms with Crippen molar-refractivity contribution in [3.8, 4) is 16.9 Å². The Morgan fingerprint density at radius 2 is 1.69 bits per heavy atom. The molecular weight excluding hydrogens is 418 g/mol. The van der Waals surface area contributed by atoms with Gasteiger partial charge in [-0.15, -0.1) is 0 Å². The fourth-order valence-electron chi connectivity index (χ4n) is 4.26. The summed E-state index contributed by atoms with van der Waals surface area (Å²) in [5.74, 6) is 0.0552. The number of rotatable bonds is 6.